The molecule has 0 heterocycles. The highest BCUT2D eigenvalue weighted by Crippen LogP contribution is 2.07. The number of nitrogens with one attached hydrogen (secondary N) is 4. The largest absolute Gasteiger partial charge is 0.481 e. The van der Waals surface area contributed by atoms with E-state index in [1.165, 1.54) is 6.29 Å². The zero-order valence-electron chi connectivity index (χ0n) is 19.7. The maximum Gasteiger partial charge on any atom is 0.303 e. The minimum absolute atomic E-state index is 0.163. The zero-order chi connectivity index (χ0) is 26.1. The van der Waals surface area contributed by atoms with E-state index in [1.807, 2.05) is 13.8 Å². The van der Waals surface area contributed by atoms with Crippen LogP contribution in [-0.2, 0) is 28.8 Å². The van der Waals surface area contributed by atoms with Crippen LogP contribution in [0.1, 0.15) is 52.4 Å². The molecule has 34 heavy (non-hydrogen) atoms. The first-order valence-corrected chi connectivity index (χ1v) is 11.2. The second-order valence-electron chi connectivity index (χ2n) is 8.21. The number of carboxylic acids is 1. The summed E-state index contributed by atoms with van der Waals surface area (Å²) >= 11 is 0. The van der Waals surface area contributed by atoms with Crippen LogP contribution >= 0.6 is 0 Å². The first-order valence-electron chi connectivity index (χ1n) is 11.2. The predicted octanol–water partition coefficient (Wildman–Crippen LogP) is -2.33. The van der Waals surface area contributed by atoms with Gasteiger partial charge in [0.05, 0.1) is 19.1 Å². The van der Waals surface area contributed by atoms with E-state index in [2.05, 4.69) is 21.3 Å². The Balaban J connectivity index is 5.31. The summed E-state index contributed by atoms with van der Waals surface area (Å²) in [5.41, 5.74) is 11.4. The molecule has 0 aliphatic heterocycles. The fourth-order valence-corrected chi connectivity index (χ4v) is 2.95. The van der Waals surface area contributed by atoms with Crippen LogP contribution in [0.3, 0.4) is 0 Å². The van der Waals surface area contributed by atoms with E-state index in [9.17, 15) is 28.8 Å². The average molecular weight is 486 g/mol. The molecule has 0 spiro atoms. The van der Waals surface area contributed by atoms with Crippen molar-refractivity contribution in [3.63, 3.8) is 0 Å². The molecule has 13 heteroatoms. The van der Waals surface area contributed by atoms with Crippen LogP contribution in [0.4, 0.5) is 0 Å². The molecule has 0 aromatic heterocycles. The first kappa shape index (κ1) is 30.9. The number of nitrogens with two attached hydrogens (primary N) is 2. The van der Waals surface area contributed by atoms with E-state index in [0.717, 1.165) is 0 Å². The first-order chi connectivity index (χ1) is 16.0. The van der Waals surface area contributed by atoms with E-state index >= 15 is 0 Å². The molecule has 13 nitrogen and oxygen atoms in total. The summed E-state index contributed by atoms with van der Waals surface area (Å²) < 4.78 is 0. The van der Waals surface area contributed by atoms with E-state index in [-0.39, 0.29) is 25.3 Å². The quantitative estimate of drug-likeness (QED) is 0.103. The fraction of sp³-hybridized carbons (Fsp3) is 0.714. The van der Waals surface area contributed by atoms with Crippen molar-refractivity contribution >= 4 is 35.9 Å². The predicted molar refractivity (Wildman–Crippen MR) is 123 cm³/mol. The van der Waals surface area contributed by atoms with E-state index in [1.54, 1.807) is 0 Å². The Bertz CT molecular complexity index is 701. The van der Waals surface area contributed by atoms with Gasteiger partial charge < -0.3 is 37.8 Å². The van der Waals surface area contributed by atoms with Crippen LogP contribution in [-0.4, -0.2) is 78.8 Å². The monoisotopic (exact) mass is 485 g/mol. The number of hydrogen-bond donors (Lipinski definition) is 7. The normalized spacial score (nSPS) is 13.3. The van der Waals surface area contributed by atoms with Gasteiger partial charge in [0.15, 0.2) is 0 Å². The zero-order valence-corrected chi connectivity index (χ0v) is 19.7. The number of aliphatic carboxylic acids is 1. The number of carboxylic acid groups (broad SMARTS) is 1. The number of amides is 4. The third-order valence-corrected chi connectivity index (χ3v) is 4.70. The van der Waals surface area contributed by atoms with Crippen molar-refractivity contribution in [3.05, 3.63) is 0 Å². The van der Waals surface area contributed by atoms with Gasteiger partial charge in [-0.15, -0.1) is 0 Å². The highest BCUT2D eigenvalue weighted by atomic mass is 16.4. The number of carbonyl (C=O) groups excluding carboxylic acids is 5. The Kier molecular flexibility index (Phi) is 15.9. The van der Waals surface area contributed by atoms with Crippen molar-refractivity contribution in [2.75, 3.05) is 19.6 Å². The number of hydrogen-bond acceptors (Lipinski definition) is 8. The van der Waals surface area contributed by atoms with Crippen LogP contribution in [0, 0.1) is 5.92 Å². The van der Waals surface area contributed by atoms with Crippen molar-refractivity contribution < 1.29 is 33.9 Å². The molecule has 0 aliphatic rings. The Morgan fingerprint density at radius 2 is 1.53 bits per heavy atom. The van der Waals surface area contributed by atoms with E-state index in [0.29, 0.717) is 25.8 Å². The topological polar surface area (TPSA) is 223 Å². The Hall–Kier alpha value is -3.06. The van der Waals surface area contributed by atoms with Gasteiger partial charge in [-0.2, -0.15) is 0 Å². The summed E-state index contributed by atoms with van der Waals surface area (Å²) in [5, 5.41) is 18.5. The minimum Gasteiger partial charge on any atom is -0.481 e. The number of unbranched alkanes of at least 4 members (excludes halogenated alkanes) is 1. The van der Waals surface area contributed by atoms with Gasteiger partial charge in [-0.1, -0.05) is 13.8 Å². The summed E-state index contributed by atoms with van der Waals surface area (Å²) in [5.74, 6) is -3.67. The van der Waals surface area contributed by atoms with Crippen molar-refractivity contribution in [2.45, 2.75) is 70.5 Å². The van der Waals surface area contributed by atoms with Gasteiger partial charge in [-0.25, -0.2) is 0 Å². The molecule has 0 fully saturated rings. The summed E-state index contributed by atoms with van der Waals surface area (Å²) in [7, 11) is 0. The molecule has 0 saturated heterocycles. The SMILES string of the molecule is CC(C)C[C@H](N)C(=O)N[C@@H](CCCCN)C(=O)N[C@@H](CCC(=O)O)C(=O)NCC(=O)NC[C]=O. The maximum absolute atomic E-state index is 12.9. The van der Waals surface area contributed by atoms with Crippen LogP contribution in [0.15, 0.2) is 0 Å². The molecular weight excluding hydrogens is 448 g/mol. The summed E-state index contributed by atoms with van der Waals surface area (Å²) in [4.78, 5) is 70.6. The lowest BCUT2D eigenvalue weighted by Crippen LogP contribution is -2.56. The van der Waals surface area contributed by atoms with Crippen molar-refractivity contribution in [1.29, 1.82) is 0 Å². The lowest BCUT2D eigenvalue weighted by Gasteiger charge is -2.24. The van der Waals surface area contributed by atoms with E-state index < -0.39 is 60.7 Å². The average Bonchev–Trinajstić information content (AvgIpc) is 2.77. The van der Waals surface area contributed by atoms with Gasteiger partial charge in [-0.3, -0.25) is 28.8 Å². The minimum atomic E-state index is -1.27. The molecule has 9 N–H and O–H groups in total. The van der Waals surface area contributed by atoms with Crippen molar-refractivity contribution in [2.24, 2.45) is 17.4 Å². The molecule has 0 saturated carbocycles. The highest BCUT2D eigenvalue weighted by Gasteiger charge is 2.28. The molecule has 3 atom stereocenters. The Morgan fingerprint density at radius 1 is 0.912 bits per heavy atom. The van der Waals surface area contributed by atoms with Gasteiger partial charge in [0.25, 0.3) is 0 Å². The summed E-state index contributed by atoms with van der Waals surface area (Å²) in [6.07, 6.45) is 2.58. The molecule has 0 aliphatic carbocycles. The third kappa shape index (κ3) is 14.2. The van der Waals surface area contributed by atoms with Crippen LogP contribution < -0.4 is 32.7 Å². The number of rotatable bonds is 18. The van der Waals surface area contributed by atoms with Gasteiger partial charge >= 0.3 is 5.97 Å². The molecule has 0 rings (SSSR count). The van der Waals surface area contributed by atoms with Gasteiger partial charge in [-0.05, 0) is 44.6 Å². The molecule has 0 aromatic rings. The van der Waals surface area contributed by atoms with Gasteiger partial charge in [0, 0.05) is 6.42 Å². The Morgan fingerprint density at radius 3 is 2.09 bits per heavy atom. The second kappa shape index (κ2) is 17.4. The molecule has 1 radical (unpaired) electrons. The molecular formula is C21H37N6O7. The van der Waals surface area contributed by atoms with Gasteiger partial charge in [0.2, 0.25) is 29.9 Å². The number of carbonyl (C=O) groups is 5. The third-order valence-electron chi connectivity index (χ3n) is 4.70. The molecule has 0 unspecified atom stereocenters. The smallest absolute Gasteiger partial charge is 0.303 e. The van der Waals surface area contributed by atoms with Crippen LogP contribution in [0.2, 0.25) is 0 Å². The fourth-order valence-electron chi connectivity index (χ4n) is 2.95. The van der Waals surface area contributed by atoms with Gasteiger partial charge in [0.1, 0.15) is 12.1 Å². The molecule has 193 valence electrons. The lowest BCUT2D eigenvalue weighted by molar-refractivity contribution is -0.138. The molecule has 0 aromatic carbocycles. The highest BCUT2D eigenvalue weighted by molar-refractivity contribution is 5.94. The lowest BCUT2D eigenvalue weighted by atomic mass is 10.0. The standard InChI is InChI=1S/C21H37N6O7/c1-13(2)11-14(23)19(32)26-15(5-3-4-8-22)21(34)27-16(6-7-18(30)31)20(33)25-12-17(29)24-9-10-28/h13-16H,3-9,11-12,22-23H2,1-2H3,(H,24,29)(H,25,33)(H,26,32)(H,27,34)(H,30,31)/t14-,15-,16-/m0/s1. The van der Waals surface area contributed by atoms with Crippen molar-refractivity contribution in [1.82, 2.24) is 21.3 Å². The maximum atomic E-state index is 12.9. The Labute approximate surface area is 199 Å². The van der Waals surface area contributed by atoms with Crippen LogP contribution in [0.5, 0.6) is 0 Å². The van der Waals surface area contributed by atoms with E-state index in [4.69, 9.17) is 16.6 Å². The summed E-state index contributed by atoms with van der Waals surface area (Å²) in [6, 6.07) is -3.10. The van der Waals surface area contributed by atoms with Crippen LogP contribution in [0.25, 0.3) is 0 Å². The second-order valence-corrected chi connectivity index (χ2v) is 8.21. The molecule has 4 amide bonds. The van der Waals surface area contributed by atoms with Crippen molar-refractivity contribution in [3.8, 4) is 0 Å². The summed E-state index contributed by atoms with van der Waals surface area (Å²) in [6.45, 7) is 3.36. The molecule has 0 bridgehead atoms.